The molecule has 1 aliphatic heterocycles. The summed E-state index contributed by atoms with van der Waals surface area (Å²) < 4.78 is 38.0. The lowest BCUT2D eigenvalue weighted by molar-refractivity contribution is -0.151. The van der Waals surface area contributed by atoms with Gasteiger partial charge in [-0.25, -0.2) is 8.42 Å². The fraction of sp³-hybridized carbons (Fsp3) is 0.333. The van der Waals surface area contributed by atoms with Gasteiger partial charge in [-0.15, -0.1) is 11.3 Å². The van der Waals surface area contributed by atoms with Crippen molar-refractivity contribution in [3.05, 3.63) is 53.2 Å². The summed E-state index contributed by atoms with van der Waals surface area (Å²) in [6, 6.07) is 8.46. The van der Waals surface area contributed by atoms with Gasteiger partial charge in [0.1, 0.15) is 6.04 Å². The van der Waals surface area contributed by atoms with E-state index < -0.39 is 22.0 Å². The van der Waals surface area contributed by atoms with Crippen LogP contribution in [0.2, 0.25) is 0 Å². The summed E-state index contributed by atoms with van der Waals surface area (Å²) >= 11 is 1.45. The Labute approximate surface area is 189 Å². The lowest BCUT2D eigenvalue weighted by atomic mass is 10.1. The van der Waals surface area contributed by atoms with Crippen LogP contribution in [0.4, 0.5) is 0 Å². The molecular weight excluding hydrogens is 454 g/mol. The van der Waals surface area contributed by atoms with Crippen molar-refractivity contribution in [2.45, 2.75) is 43.7 Å². The van der Waals surface area contributed by atoms with Crippen LogP contribution in [0.5, 0.6) is 0 Å². The predicted octanol–water partition coefficient (Wildman–Crippen LogP) is 3.29. The smallest absolute Gasteiger partial charge is 0.324 e. The number of esters is 1. The van der Waals surface area contributed by atoms with Gasteiger partial charge in [0.05, 0.1) is 9.77 Å². The van der Waals surface area contributed by atoms with Gasteiger partial charge in [0.2, 0.25) is 15.8 Å². The van der Waals surface area contributed by atoms with Crippen LogP contribution in [0.25, 0.3) is 10.7 Å². The van der Waals surface area contributed by atoms with Gasteiger partial charge in [-0.1, -0.05) is 23.4 Å². The van der Waals surface area contributed by atoms with Gasteiger partial charge in [-0.2, -0.15) is 9.29 Å². The minimum Gasteiger partial charge on any atom is -0.454 e. The first-order valence-electron chi connectivity index (χ1n) is 10.0. The zero-order valence-corrected chi connectivity index (χ0v) is 18.9. The summed E-state index contributed by atoms with van der Waals surface area (Å²) in [6.45, 7) is 1.38. The second-order valence-corrected chi connectivity index (χ2v) is 10.1. The molecule has 0 aliphatic carbocycles. The molecular formula is C21H21N3O6S2. The van der Waals surface area contributed by atoms with Crippen molar-refractivity contribution in [3.63, 3.8) is 0 Å². The summed E-state index contributed by atoms with van der Waals surface area (Å²) in [5.74, 6) is -0.283. The molecule has 32 heavy (non-hydrogen) atoms. The van der Waals surface area contributed by atoms with Crippen LogP contribution in [0.3, 0.4) is 0 Å². The molecule has 2 aromatic heterocycles. The molecule has 0 radical (unpaired) electrons. The number of piperidine rings is 1. The van der Waals surface area contributed by atoms with E-state index in [1.165, 1.54) is 46.8 Å². The maximum absolute atomic E-state index is 13.2. The fourth-order valence-corrected chi connectivity index (χ4v) is 5.77. The minimum absolute atomic E-state index is 0.0275. The Morgan fingerprint density at radius 1 is 1.22 bits per heavy atom. The Balaban J connectivity index is 1.46. The Morgan fingerprint density at radius 2 is 2.00 bits per heavy atom. The summed E-state index contributed by atoms with van der Waals surface area (Å²) in [5.41, 5.74) is 0.417. The van der Waals surface area contributed by atoms with E-state index in [4.69, 9.17) is 9.26 Å². The van der Waals surface area contributed by atoms with Crippen LogP contribution in [-0.4, -0.2) is 47.2 Å². The number of aromatic nitrogens is 2. The van der Waals surface area contributed by atoms with E-state index in [1.807, 2.05) is 17.5 Å². The molecule has 0 saturated carbocycles. The molecule has 1 aromatic carbocycles. The van der Waals surface area contributed by atoms with E-state index in [1.54, 1.807) is 0 Å². The number of hydrogen-bond donors (Lipinski definition) is 0. The molecule has 3 heterocycles. The maximum atomic E-state index is 13.2. The second-order valence-electron chi connectivity index (χ2n) is 7.30. The van der Waals surface area contributed by atoms with Crippen LogP contribution < -0.4 is 0 Å². The van der Waals surface area contributed by atoms with Crippen molar-refractivity contribution in [1.82, 2.24) is 14.4 Å². The van der Waals surface area contributed by atoms with Gasteiger partial charge in [0.15, 0.2) is 12.4 Å². The standard InChI is InChI=1S/C21H21N3O6S2/c1-14(25)15-7-9-16(10-8-15)32(27,28)24-11-3-2-5-17(24)21(26)29-13-19-22-20(23-30-19)18-6-4-12-31-18/h4,6-10,12,17H,2-3,5,11,13H2,1H3. The van der Waals surface area contributed by atoms with Crippen LogP contribution >= 0.6 is 11.3 Å². The molecule has 0 spiro atoms. The third kappa shape index (κ3) is 4.64. The molecule has 1 saturated heterocycles. The van der Waals surface area contributed by atoms with Crippen molar-refractivity contribution in [2.75, 3.05) is 6.54 Å². The molecule has 9 nitrogen and oxygen atoms in total. The highest BCUT2D eigenvalue weighted by atomic mass is 32.2. The van der Waals surface area contributed by atoms with Crippen LogP contribution in [0, 0.1) is 0 Å². The molecule has 4 rings (SSSR count). The zero-order valence-electron chi connectivity index (χ0n) is 17.3. The number of carbonyl (C=O) groups is 2. The predicted molar refractivity (Wildman–Crippen MR) is 115 cm³/mol. The number of ether oxygens (including phenoxy) is 1. The first-order chi connectivity index (χ1) is 15.4. The van der Waals surface area contributed by atoms with Crippen molar-refractivity contribution >= 4 is 33.1 Å². The van der Waals surface area contributed by atoms with Crippen LogP contribution in [-0.2, 0) is 26.2 Å². The average Bonchev–Trinajstić information content (AvgIpc) is 3.49. The first kappa shape index (κ1) is 22.3. The van der Waals surface area contributed by atoms with E-state index in [9.17, 15) is 18.0 Å². The Kier molecular flexibility index (Phi) is 6.49. The van der Waals surface area contributed by atoms with Crippen molar-refractivity contribution < 1.29 is 27.3 Å². The van der Waals surface area contributed by atoms with E-state index in [-0.39, 0.29) is 29.7 Å². The molecule has 1 unspecified atom stereocenters. The van der Waals surface area contributed by atoms with Crippen LogP contribution in [0.15, 0.2) is 51.2 Å². The number of sulfonamides is 1. The molecule has 0 amide bonds. The highest BCUT2D eigenvalue weighted by molar-refractivity contribution is 7.89. The summed E-state index contributed by atoms with van der Waals surface area (Å²) in [5, 5.41) is 5.75. The monoisotopic (exact) mass is 475 g/mol. The van der Waals surface area contributed by atoms with Crippen LogP contribution in [0.1, 0.15) is 42.4 Å². The van der Waals surface area contributed by atoms with Gasteiger partial charge in [0.25, 0.3) is 5.89 Å². The third-order valence-electron chi connectivity index (χ3n) is 5.14. The number of carbonyl (C=O) groups excluding carboxylic acids is 2. The number of rotatable bonds is 7. The molecule has 3 aromatic rings. The van der Waals surface area contributed by atoms with E-state index >= 15 is 0 Å². The molecule has 11 heteroatoms. The SMILES string of the molecule is CC(=O)c1ccc(S(=O)(=O)N2CCCCC2C(=O)OCc2nc(-c3cccs3)no2)cc1. The quantitative estimate of drug-likeness (QED) is 0.377. The normalized spacial score (nSPS) is 17.2. The lowest BCUT2D eigenvalue weighted by Gasteiger charge is -2.32. The lowest BCUT2D eigenvalue weighted by Crippen LogP contribution is -2.48. The molecule has 1 fully saturated rings. The summed E-state index contributed by atoms with van der Waals surface area (Å²) in [6.07, 6.45) is 1.70. The molecule has 168 valence electrons. The summed E-state index contributed by atoms with van der Waals surface area (Å²) in [7, 11) is -3.94. The number of ketones is 1. The topological polar surface area (TPSA) is 120 Å². The minimum atomic E-state index is -3.94. The molecule has 0 N–H and O–H groups in total. The van der Waals surface area contributed by atoms with E-state index in [0.29, 0.717) is 30.7 Å². The van der Waals surface area contributed by atoms with Crippen molar-refractivity contribution in [2.24, 2.45) is 0 Å². The van der Waals surface area contributed by atoms with Crippen molar-refractivity contribution in [1.29, 1.82) is 0 Å². The molecule has 1 atom stereocenters. The van der Waals surface area contributed by atoms with E-state index in [2.05, 4.69) is 10.1 Å². The van der Waals surface area contributed by atoms with Gasteiger partial charge >= 0.3 is 5.97 Å². The first-order valence-corrected chi connectivity index (χ1v) is 12.3. The molecule has 1 aliphatic rings. The Bertz CT molecular complexity index is 1200. The number of thiophene rings is 1. The number of Topliss-reactive ketones (excluding diaryl/α,β-unsaturated/α-hetero) is 1. The van der Waals surface area contributed by atoms with E-state index in [0.717, 1.165) is 4.88 Å². The second kappa shape index (κ2) is 9.31. The Hall–Kier alpha value is -2.89. The zero-order chi connectivity index (χ0) is 22.7. The van der Waals surface area contributed by atoms with Gasteiger partial charge in [-0.05, 0) is 49.8 Å². The molecule has 0 bridgehead atoms. The fourth-order valence-electron chi connectivity index (χ4n) is 3.47. The summed E-state index contributed by atoms with van der Waals surface area (Å²) in [4.78, 5) is 29.3. The number of nitrogens with zero attached hydrogens (tertiary/aromatic N) is 3. The third-order valence-corrected chi connectivity index (χ3v) is 7.93. The average molecular weight is 476 g/mol. The number of hydrogen-bond acceptors (Lipinski definition) is 9. The number of benzene rings is 1. The Morgan fingerprint density at radius 3 is 2.69 bits per heavy atom. The van der Waals surface area contributed by atoms with Crippen molar-refractivity contribution in [3.8, 4) is 10.7 Å². The highest BCUT2D eigenvalue weighted by Gasteiger charge is 2.38. The highest BCUT2D eigenvalue weighted by Crippen LogP contribution is 2.27. The van der Waals surface area contributed by atoms with Gasteiger partial charge in [-0.3, -0.25) is 9.59 Å². The maximum Gasteiger partial charge on any atom is 0.324 e. The largest absolute Gasteiger partial charge is 0.454 e. The van der Waals surface area contributed by atoms with Gasteiger partial charge in [0, 0.05) is 12.1 Å². The van der Waals surface area contributed by atoms with Gasteiger partial charge < -0.3 is 9.26 Å².